The molecule has 0 aliphatic carbocycles. The molecule has 0 bridgehead atoms. The van der Waals surface area contributed by atoms with Gasteiger partial charge in [-0.2, -0.15) is 5.26 Å². The molecule has 0 unspecified atom stereocenters. The molecule has 0 saturated heterocycles. The van der Waals surface area contributed by atoms with Crippen LogP contribution in [0.25, 0.3) is 6.08 Å². The van der Waals surface area contributed by atoms with Crippen molar-refractivity contribution in [2.75, 3.05) is 17.2 Å². The molecule has 0 fully saturated rings. The number of carbonyl (C=O) groups excluding carboxylic acids is 2. The second-order valence-electron chi connectivity index (χ2n) is 7.15. The van der Waals surface area contributed by atoms with Gasteiger partial charge in [0.1, 0.15) is 17.4 Å². The van der Waals surface area contributed by atoms with Crippen molar-refractivity contribution >= 4 is 68.4 Å². The van der Waals surface area contributed by atoms with Crippen LogP contribution in [-0.2, 0) is 9.59 Å². The number of nitrogens with one attached hydrogen (secondary N) is 2. The predicted octanol–water partition coefficient (Wildman–Crippen LogP) is 6.63. The van der Waals surface area contributed by atoms with Crippen molar-refractivity contribution in [3.05, 3.63) is 91.9 Å². The Balaban J connectivity index is 1.63. The first-order valence-corrected chi connectivity index (χ1v) is 11.5. The quantitative estimate of drug-likeness (QED) is 0.251. The number of nitrogens with zero attached hydrogens (tertiary/aromatic N) is 1. The molecule has 3 aromatic rings. The van der Waals surface area contributed by atoms with E-state index in [0.717, 1.165) is 5.56 Å². The lowest BCUT2D eigenvalue weighted by atomic mass is 10.1. The molecule has 0 radical (unpaired) electrons. The molecule has 2 N–H and O–H groups in total. The summed E-state index contributed by atoms with van der Waals surface area (Å²) in [5.74, 6) is -0.471. The van der Waals surface area contributed by atoms with Gasteiger partial charge in [0.05, 0.1) is 14.5 Å². The van der Waals surface area contributed by atoms with Crippen LogP contribution >= 0.6 is 39.1 Å². The average Bonchev–Trinajstić information content (AvgIpc) is 2.79. The topological polar surface area (TPSA) is 91.2 Å². The van der Waals surface area contributed by atoms with Gasteiger partial charge in [0.15, 0.2) is 6.61 Å². The van der Waals surface area contributed by atoms with Crippen molar-refractivity contribution in [1.29, 1.82) is 5.26 Å². The smallest absolute Gasteiger partial charge is 0.266 e. The number of amides is 2. The Bertz CT molecular complexity index is 1320. The molecule has 0 spiro atoms. The van der Waals surface area contributed by atoms with Crippen LogP contribution in [0.3, 0.4) is 0 Å². The van der Waals surface area contributed by atoms with Crippen molar-refractivity contribution in [3.8, 4) is 11.8 Å². The summed E-state index contributed by atoms with van der Waals surface area (Å²) in [6.07, 6.45) is 1.47. The van der Waals surface area contributed by atoms with E-state index in [1.54, 1.807) is 42.5 Å². The summed E-state index contributed by atoms with van der Waals surface area (Å²) >= 11 is 15.2. The number of rotatable bonds is 7. The summed E-state index contributed by atoms with van der Waals surface area (Å²) in [5.41, 5.74) is 2.65. The van der Waals surface area contributed by atoms with E-state index in [0.29, 0.717) is 37.2 Å². The van der Waals surface area contributed by atoms with Crippen LogP contribution in [0.15, 0.2) is 70.7 Å². The van der Waals surface area contributed by atoms with Crippen molar-refractivity contribution in [2.45, 2.75) is 6.92 Å². The predicted molar refractivity (Wildman–Crippen MR) is 138 cm³/mol. The van der Waals surface area contributed by atoms with Gasteiger partial charge in [-0.05, 0) is 82.5 Å². The summed E-state index contributed by atoms with van der Waals surface area (Å²) in [6, 6.07) is 19.0. The molecule has 3 aromatic carbocycles. The SMILES string of the molecule is Cc1cccc(NC(=O)/C(C#N)=C/c2ccc(OCC(=O)Nc3ccc(Cl)c(Cl)c3)c(Br)c2)c1. The molecule has 0 aromatic heterocycles. The van der Waals surface area contributed by atoms with Gasteiger partial charge in [-0.3, -0.25) is 9.59 Å². The van der Waals surface area contributed by atoms with Crippen LogP contribution in [0, 0.1) is 18.3 Å². The average molecular weight is 559 g/mol. The Labute approximate surface area is 215 Å². The fraction of sp³-hybridized carbons (Fsp3) is 0.0800. The van der Waals surface area contributed by atoms with Gasteiger partial charge in [-0.25, -0.2) is 0 Å². The highest BCUT2D eigenvalue weighted by Crippen LogP contribution is 2.28. The van der Waals surface area contributed by atoms with Gasteiger partial charge in [0.2, 0.25) is 0 Å². The lowest BCUT2D eigenvalue weighted by Gasteiger charge is -2.10. The monoisotopic (exact) mass is 557 g/mol. The number of hydrogen-bond acceptors (Lipinski definition) is 4. The van der Waals surface area contributed by atoms with E-state index < -0.39 is 5.91 Å². The number of nitriles is 1. The Hall–Kier alpha value is -3.31. The van der Waals surface area contributed by atoms with E-state index in [9.17, 15) is 14.9 Å². The summed E-state index contributed by atoms with van der Waals surface area (Å²) in [4.78, 5) is 24.7. The Morgan fingerprint density at radius 3 is 2.47 bits per heavy atom. The first-order valence-electron chi connectivity index (χ1n) is 9.92. The normalized spacial score (nSPS) is 10.9. The van der Waals surface area contributed by atoms with Crippen LogP contribution in [0.5, 0.6) is 5.75 Å². The van der Waals surface area contributed by atoms with Crippen LogP contribution in [0.4, 0.5) is 11.4 Å². The highest BCUT2D eigenvalue weighted by molar-refractivity contribution is 9.10. The Kier molecular flexibility index (Phi) is 8.72. The lowest BCUT2D eigenvalue weighted by Crippen LogP contribution is -2.20. The van der Waals surface area contributed by atoms with Crippen molar-refractivity contribution in [2.24, 2.45) is 0 Å². The van der Waals surface area contributed by atoms with E-state index in [1.807, 2.05) is 31.2 Å². The molecular formula is C25H18BrCl2N3O3. The highest BCUT2D eigenvalue weighted by Gasteiger charge is 2.12. The van der Waals surface area contributed by atoms with E-state index in [4.69, 9.17) is 27.9 Å². The van der Waals surface area contributed by atoms with Crippen LogP contribution in [0.1, 0.15) is 11.1 Å². The molecule has 0 aliphatic heterocycles. The van der Waals surface area contributed by atoms with Gasteiger partial charge >= 0.3 is 0 Å². The summed E-state index contributed by atoms with van der Waals surface area (Å²) < 4.78 is 6.12. The maximum Gasteiger partial charge on any atom is 0.266 e. The molecular weight excluding hydrogens is 541 g/mol. The van der Waals surface area contributed by atoms with Crippen molar-refractivity contribution in [1.82, 2.24) is 0 Å². The molecule has 3 rings (SSSR count). The number of ether oxygens (including phenoxy) is 1. The van der Waals surface area contributed by atoms with Crippen LogP contribution in [0.2, 0.25) is 10.0 Å². The van der Waals surface area contributed by atoms with Crippen molar-refractivity contribution < 1.29 is 14.3 Å². The maximum absolute atomic E-state index is 12.5. The first-order chi connectivity index (χ1) is 16.2. The number of carbonyl (C=O) groups is 2. The zero-order valence-corrected chi connectivity index (χ0v) is 21.0. The zero-order valence-electron chi connectivity index (χ0n) is 17.9. The molecule has 0 aliphatic rings. The summed E-state index contributed by atoms with van der Waals surface area (Å²) in [5, 5.41) is 15.5. The number of aryl methyl sites for hydroxylation is 1. The molecule has 9 heteroatoms. The second kappa shape index (κ2) is 11.7. The van der Waals surface area contributed by atoms with Crippen LogP contribution < -0.4 is 15.4 Å². The number of hydrogen-bond donors (Lipinski definition) is 2. The fourth-order valence-electron chi connectivity index (χ4n) is 2.87. The van der Waals surface area contributed by atoms with Gasteiger partial charge in [0, 0.05) is 11.4 Å². The van der Waals surface area contributed by atoms with Gasteiger partial charge in [0.25, 0.3) is 11.8 Å². The van der Waals surface area contributed by atoms with Crippen LogP contribution in [-0.4, -0.2) is 18.4 Å². The van der Waals surface area contributed by atoms with E-state index in [1.165, 1.54) is 6.08 Å². The third-order valence-electron chi connectivity index (χ3n) is 4.47. The molecule has 0 atom stereocenters. The van der Waals surface area contributed by atoms with E-state index >= 15 is 0 Å². The summed E-state index contributed by atoms with van der Waals surface area (Å²) in [7, 11) is 0. The highest BCUT2D eigenvalue weighted by atomic mass is 79.9. The minimum atomic E-state index is -0.511. The molecule has 6 nitrogen and oxygen atoms in total. The number of anilines is 2. The molecule has 0 saturated carbocycles. The third-order valence-corrected chi connectivity index (χ3v) is 5.83. The molecule has 2 amide bonds. The van der Waals surface area contributed by atoms with Gasteiger partial charge in [-0.1, -0.05) is 41.4 Å². The minimum absolute atomic E-state index is 0.0527. The fourth-order valence-corrected chi connectivity index (χ4v) is 3.68. The first kappa shape index (κ1) is 25.3. The second-order valence-corrected chi connectivity index (χ2v) is 8.82. The molecule has 0 heterocycles. The third kappa shape index (κ3) is 7.09. The number of benzene rings is 3. The standard InChI is InChI=1S/C25H18BrCl2N3O3/c1-15-3-2-4-18(9-15)31-25(33)17(13-29)10-16-5-8-23(20(26)11-16)34-14-24(32)30-19-6-7-21(27)22(28)12-19/h2-12H,14H2,1H3,(H,30,32)(H,31,33)/b17-10+. The van der Waals surface area contributed by atoms with E-state index in [2.05, 4.69) is 26.6 Å². The van der Waals surface area contributed by atoms with Gasteiger partial charge < -0.3 is 15.4 Å². The van der Waals surface area contributed by atoms with E-state index in [-0.39, 0.29) is 18.1 Å². The molecule has 172 valence electrons. The zero-order chi connectivity index (χ0) is 24.7. The Morgan fingerprint density at radius 2 is 1.79 bits per heavy atom. The maximum atomic E-state index is 12.5. The van der Waals surface area contributed by atoms with Crippen molar-refractivity contribution in [3.63, 3.8) is 0 Å². The summed E-state index contributed by atoms with van der Waals surface area (Å²) in [6.45, 7) is 1.67. The minimum Gasteiger partial charge on any atom is -0.483 e. The number of halogens is 3. The lowest BCUT2D eigenvalue weighted by molar-refractivity contribution is -0.118. The molecule has 34 heavy (non-hydrogen) atoms. The van der Waals surface area contributed by atoms with Gasteiger partial charge in [-0.15, -0.1) is 0 Å². The Morgan fingerprint density at radius 1 is 1.03 bits per heavy atom. The largest absolute Gasteiger partial charge is 0.483 e.